The van der Waals surface area contributed by atoms with Crippen molar-refractivity contribution < 1.29 is 14.5 Å². The normalized spacial score (nSPS) is 27.5. The molecule has 0 radical (unpaired) electrons. The maximum Gasteiger partial charge on any atom is 0.223 e. The van der Waals surface area contributed by atoms with Crippen molar-refractivity contribution in [2.24, 2.45) is 5.92 Å². The number of fused-ring (bicyclic) bond motifs is 3. The summed E-state index contributed by atoms with van der Waals surface area (Å²) in [6.07, 6.45) is 11.6. The molecular weight excluding hydrogens is 422 g/mol. The number of carbonyl (C=O) groups is 1. The highest BCUT2D eigenvalue weighted by Gasteiger charge is 2.34. The Balaban J connectivity index is 1.34. The zero-order chi connectivity index (χ0) is 22.2. The minimum Gasteiger partial charge on any atom is -0.391 e. The number of aliphatic hydroxyl groups is 1. The average molecular weight is 457 g/mol. The van der Waals surface area contributed by atoms with Crippen LogP contribution in [-0.2, 0) is 11.2 Å². The number of likely N-dealkylation sites (tertiary alicyclic amines) is 1. The third-order valence-electron chi connectivity index (χ3n) is 7.29. The van der Waals surface area contributed by atoms with Gasteiger partial charge in [0.1, 0.15) is 37.3 Å². The summed E-state index contributed by atoms with van der Waals surface area (Å²) in [5.41, 5.74) is 1.30. The lowest BCUT2D eigenvalue weighted by Gasteiger charge is -2.27. The van der Waals surface area contributed by atoms with E-state index < -0.39 is 0 Å². The van der Waals surface area contributed by atoms with E-state index in [2.05, 4.69) is 40.2 Å². The van der Waals surface area contributed by atoms with E-state index in [0.29, 0.717) is 37.9 Å². The Kier molecular flexibility index (Phi) is 6.16. The SMILES string of the molecule is C[N+](C)=CC1CCC(Nc2ncnc3sc4c(c23)C(CC(=O)N2CCC(O)C2)CC4)CC1. The molecule has 2 atom stereocenters. The highest BCUT2D eigenvalue weighted by molar-refractivity contribution is 7.19. The second kappa shape index (κ2) is 9.06. The van der Waals surface area contributed by atoms with Crippen LogP contribution in [0.4, 0.5) is 5.82 Å². The number of aromatic nitrogens is 2. The molecule has 2 aromatic rings. The predicted molar refractivity (Wildman–Crippen MR) is 128 cm³/mol. The van der Waals surface area contributed by atoms with Gasteiger partial charge in [0, 0.05) is 36.3 Å². The van der Waals surface area contributed by atoms with Crippen molar-refractivity contribution >= 4 is 39.5 Å². The van der Waals surface area contributed by atoms with Crippen LogP contribution in [0.25, 0.3) is 10.2 Å². The summed E-state index contributed by atoms with van der Waals surface area (Å²) in [7, 11) is 4.21. The molecule has 0 bridgehead atoms. The first kappa shape index (κ1) is 21.8. The minimum absolute atomic E-state index is 0.167. The fourth-order valence-electron chi connectivity index (χ4n) is 5.72. The zero-order valence-electron chi connectivity index (χ0n) is 19.1. The van der Waals surface area contributed by atoms with Crippen molar-refractivity contribution in [1.29, 1.82) is 0 Å². The van der Waals surface area contributed by atoms with E-state index in [1.54, 1.807) is 17.7 Å². The lowest BCUT2D eigenvalue weighted by Crippen LogP contribution is -2.30. The number of nitrogens with one attached hydrogen (secondary N) is 1. The molecule has 2 aliphatic carbocycles. The van der Waals surface area contributed by atoms with Crippen LogP contribution in [-0.4, -0.2) is 76.0 Å². The van der Waals surface area contributed by atoms with Gasteiger partial charge in [0.05, 0.1) is 11.5 Å². The first-order chi connectivity index (χ1) is 15.5. The van der Waals surface area contributed by atoms with E-state index in [9.17, 15) is 9.90 Å². The molecule has 172 valence electrons. The van der Waals surface area contributed by atoms with E-state index in [0.717, 1.165) is 41.7 Å². The van der Waals surface area contributed by atoms with Crippen molar-refractivity contribution in [3.05, 3.63) is 16.8 Å². The van der Waals surface area contributed by atoms with Gasteiger partial charge < -0.3 is 15.3 Å². The van der Waals surface area contributed by atoms with E-state index in [4.69, 9.17) is 0 Å². The first-order valence-corrected chi connectivity index (χ1v) is 12.8. The number of hydrogen-bond acceptors (Lipinski definition) is 6. The smallest absolute Gasteiger partial charge is 0.223 e. The Morgan fingerprint density at radius 3 is 2.78 bits per heavy atom. The molecule has 1 aliphatic heterocycles. The van der Waals surface area contributed by atoms with Crippen LogP contribution in [0.15, 0.2) is 6.33 Å². The summed E-state index contributed by atoms with van der Waals surface area (Å²) in [6.45, 7) is 1.15. The molecule has 7 nitrogen and oxygen atoms in total. The maximum atomic E-state index is 12.9. The fraction of sp³-hybridized carbons (Fsp3) is 0.667. The largest absolute Gasteiger partial charge is 0.391 e. The van der Waals surface area contributed by atoms with Crippen molar-refractivity contribution in [2.75, 3.05) is 32.5 Å². The highest BCUT2D eigenvalue weighted by Crippen LogP contribution is 2.47. The molecule has 3 heterocycles. The van der Waals surface area contributed by atoms with Crippen molar-refractivity contribution in [2.45, 2.75) is 69.4 Å². The first-order valence-electron chi connectivity index (χ1n) is 12.0. The molecule has 1 amide bonds. The van der Waals surface area contributed by atoms with Crippen molar-refractivity contribution in [3.63, 3.8) is 0 Å². The van der Waals surface area contributed by atoms with Gasteiger partial charge in [0.15, 0.2) is 0 Å². The molecule has 32 heavy (non-hydrogen) atoms. The van der Waals surface area contributed by atoms with E-state index in [1.807, 2.05) is 4.90 Å². The average Bonchev–Trinajstić information content (AvgIpc) is 3.45. The number of anilines is 1. The molecule has 0 spiro atoms. The van der Waals surface area contributed by atoms with Gasteiger partial charge in [0.2, 0.25) is 5.91 Å². The highest BCUT2D eigenvalue weighted by atomic mass is 32.1. The standard InChI is InChI=1S/C24H34N5O2S/c1-28(2)12-15-3-6-17(7-4-15)27-23-22-21-16(11-20(31)29-10-9-18(30)13-29)5-8-19(21)32-24(22)26-14-25-23/h12,14-18,30H,3-11,13H2,1-2H3,(H,25,26,27)/q+1. The Labute approximate surface area is 193 Å². The number of β-amino-alcohol motifs (C(OH)–C–C–N with tert-alkyl or cyclic N) is 1. The molecule has 2 fully saturated rings. The Morgan fingerprint density at radius 2 is 2.06 bits per heavy atom. The molecular formula is C24H34N5O2S+. The van der Waals surface area contributed by atoms with Gasteiger partial charge in [-0.15, -0.1) is 11.3 Å². The van der Waals surface area contributed by atoms with Gasteiger partial charge >= 0.3 is 0 Å². The number of rotatable bonds is 5. The summed E-state index contributed by atoms with van der Waals surface area (Å²) >= 11 is 1.77. The Morgan fingerprint density at radius 1 is 1.25 bits per heavy atom. The van der Waals surface area contributed by atoms with Crippen LogP contribution < -0.4 is 5.32 Å². The number of nitrogens with zero attached hydrogens (tertiary/aromatic N) is 4. The van der Waals surface area contributed by atoms with Gasteiger partial charge in [0.25, 0.3) is 0 Å². The van der Waals surface area contributed by atoms with Gasteiger partial charge in [-0.2, -0.15) is 0 Å². The number of amides is 1. The van der Waals surface area contributed by atoms with Crippen LogP contribution in [0.1, 0.15) is 61.3 Å². The number of hydrogen-bond donors (Lipinski definition) is 2. The molecule has 5 rings (SSSR count). The molecule has 3 aliphatic rings. The third-order valence-corrected chi connectivity index (χ3v) is 8.46. The molecule has 8 heteroatoms. The summed E-state index contributed by atoms with van der Waals surface area (Å²) in [4.78, 5) is 26.4. The van der Waals surface area contributed by atoms with E-state index >= 15 is 0 Å². The molecule has 1 saturated carbocycles. The molecule has 2 N–H and O–H groups in total. The molecule has 2 unspecified atom stereocenters. The fourth-order valence-corrected chi connectivity index (χ4v) is 6.96. The van der Waals surface area contributed by atoms with Crippen LogP contribution in [0, 0.1) is 5.92 Å². The Hall–Kier alpha value is -2.06. The number of aliphatic hydroxyl groups excluding tert-OH is 1. The molecule has 1 saturated heterocycles. The van der Waals surface area contributed by atoms with E-state index in [1.165, 1.54) is 23.3 Å². The second-order valence-corrected chi connectivity index (χ2v) is 11.0. The lowest BCUT2D eigenvalue weighted by atomic mass is 9.86. The summed E-state index contributed by atoms with van der Waals surface area (Å²) in [5, 5.41) is 14.7. The quantitative estimate of drug-likeness (QED) is 0.534. The molecule has 2 aromatic heterocycles. The summed E-state index contributed by atoms with van der Waals surface area (Å²) < 4.78 is 2.17. The van der Waals surface area contributed by atoms with Gasteiger partial charge in [-0.25, -0.2) is 14.5 Å². The van der Waals surface area contributed by atoms with Crippen LogP contribution in [0.3, 0.4) is 0 Å². The zero-order valence-corrected chi connectivity index (χ0v) is 19.9. The maximum absolute atomic E-state index is 12.9. The van der Waals surface area contributed by atoms with Crippen LogP contribution in [0.2, 0.25) is 0 Å². The van der Waals surface area contributed by atoms with Crippen LogP contribution >= 0.6 is 11.3 Å². The van der Waals surface area contributed by atoms with Crippen molar-refractivity contribution in [3.8, 4) is 0 Å². The second-order valence-electron chi connectivity index (χ2n) is 9.93. The Bertz CT molecular complexity index is 1020. The number of thiophene rings is 1. The van der Waals surface area contributed by atoms with Crippen molar-refractivity contribution in [1.82, 2.24) is 14.9 Å². The summed E-state index contributed by atoms with van der Waals surface area (Å²) in [5.74, 6) is 2.00. The monoisotopic (exact) mass is 456 g/mol. The minimum atomic E-state index is -0.366. The van der Waals surface area contributed by atoms with Crippen LogP contribution in [0.5, 0.6) is 0 Å². The predicted octanol–water partition coefficient (Wildman–Crippen LogP) is 3.02. The number of aryl methyl sites for hydroxylation is 1. The van der Waals surface area contributed by atoms with Gasteiger partial charge in [-0.1, -0.05) is 0 Å². The molecule has 0 aromatic carbocycles. The third kappa shape index (κ3) is 4.39. The summed E-state index contributed by atoms with van der Waals surface area (Å²) in [6, 6.07) is 0.433. The lowest BCUT2D eigenvalue weighted by molar-refractivity contribution is -0.462. The topological polar surface area (TPSA) is 81.4 Å². The van der Waals surface area contributed by atoms with Gasteiger partial charge in [-0.3, -0.25) is 4.79 Å². The number of carbonyl (C=O) groups excluding carboxylic acids is 1. The van der Waals surface area contributed by atoms with E-state index in [-0.39, 0.29) is 17.9 Å². The van der Waals surface area contributed by atoms with Gasteiger partial charge in [-0.05, 0) is 56.4 Å².